The van der Waals surface area contributed by atoms with E-state index in [4.69, 9.17) is 0 Å². The molecule has 2 fully saturated rings. The standard InChI is InChI=1S/C14H20N2/c1-2-5-12(6-3-1)10-16-11-13-9-14(16)7-4-8-15-13/h1-3,5-6,13-15H,4,7-11H2. The van der Waals surface area contributed by atoms with E-state index in [1.807, 2.05) is 0 Å². The van der Waals surface area contributed by atoms with Crippen LogP contribution in [0.2, 0.25) is 0 Å². The summed E-state index contributed by atoms with van der Waals surface area (Å²) in [4.78, 5) is 2.66. The molecule has 2 aliphatic heterocycles. The van der Waals surface area contributed by atoms with Crippen LogP contribution in [0.1, 0.15) is 24.8 Å². The average molecular weight is 216 g/mol. The number of fused-ring (bicyclic) bond motifs is 2. The van der Waals surface area contributed by atoms with Gasteiger partial charge in [-0.1, -0.05) is 30.3 Å². The van der Waals surface area contributed by atoms with Gasteiger partial charge in [-0.05, 0) is 31.4 Å². The molecule has 2 heteroatoms. The minimum absolute atomic E-state index is 0.746. The van der Waals surface area contributed by atoms with Gasteiger partial charge in [-0.25, -0.2) is 0 Å². The quantitative estimate of drug-likeness (QED) is 0.813. The maximum atomic E-state index is 3.65. The third kappa shape index (κ3) is 2.13. The van der Waals surface area contributed by atoms with Gasteiger partial charge in [-0.3, -0.25) is 4.90 Å². The molecule has 0 aliphatic carbocycles. The third-order valence-electron chi connectivity index (χ3n) is 3.90. The summed E-state index contributed by atoms with van der Waals surface area (Å²) in [5.41, 5.74) is 1.45. The summed E-state index contributed by atoms with van der Waals surface area (Å²) in [6.45, 7) is 3.59. The largest absolute Gasteiger partial charge is 0.313 e. The van der Waals surface area contributed by atoms with Crippen LogP contribution in [0, 0.1) is 0 Å². The van der Waals surface area contributed by atoms with Gasteiger partial charge in [-0.2, -0.15) is 0 Å². The summed E-state index contributed by atoms with van der Waals surface area (Å²) in [5.74, 6) is 0. The molecule has 1 aromatic rings. The van der Waals surface area contributed by atoms with Crippen molar-refractivity contribution < 1.29 is 0 Å². The number of nitrogens with one attached hydrogen (secondary N) is 1. The molecule has 0 radical (unpaired) electrons. The topological polar surface area (TPSA) is 15.3 Å². The first kappa shape index (κ1) is 10.3. The monoisotopic (exact) mass is 216 g/mol. The Labute approximate surface area is 97.6 Å². The molecule has 1 aromatic carbocycles. The fraction of sp³-hybridized carbons (Fsp3) is 0.571. The van der Waals surface area contributed by atoms with E-state index in [0.29, 0.717) is 0 Å². The van der Waals surface area contributed by atoms with Gasteiger partial charge in [0.25, 0.3) is 0 Å². The van der Waals surface area contributed by atoms with Gasteiger partial charge in [-0.15, -0.1) is 0 Å². The van der Waals surface area contributed by atoms with Gasteiger partial charge in [0, 0.05) is 25.2 Å². The Morgan fingerprint density at radius 1 is 1.25 bits per heavy atom. The van der Waals surface area contributed by atoms with Crippen molar-refractivity contribution in [2.24, 2.45) is 0 Å². The SMILES string of the molecule is c1ccc(CN2CC3CC2CCCN3)cc1. The van der Waals surface area contributed by atoms with E-state index in [9.17, 15) is 0 Å². The zero-order valence-electron chi connectivity index (χ0n) is 9.73. The molecule has 0 amide bonds. The fourth-order valence-electron chi connectivity index (χ4n) is 3.09. The van der Waals surface area contributed by atoms with Crippen molar-refractivity contribution in [2.75, 3.05) is 13.1 Å². The summed E-state index contributed by atoms with van der Waals surface area (Å²) in [6, 6.07) is 12.4. The first-order valence-electron chi connectivity index (χ1n) is 6.43. The number of likely N-dealkylation sites (tertiary alicyclic amines) is 1. The summed E-state index contributed by atoms with van der Waals surface area (Å²) in [6.07, 6.45) is 4.07. The van der Waals surface area contributed by atoms with Crippen molar-refractivity contribution in [2.45, 2.75) is 37.9 Å². The van der Waals surface area contributed by atoms with Crippen molar-refractivity contribution in [1.29, 1.82) is 0 Å². The Bertz CT molecular complexity index is 336. The smallest absolute Gasteiger partial charge is 0.0237 e. The molecular formula is C14H20N2. The first-order valence-corrected chi connectivity index (χ1v) is 6.43. The van der Waals surface area contributed by atoms with Crippen LogP contribution >= 0.6 is 0 Å². The Morgan fingerprint density at radius 3 is 3.00 bits per heavy atom. The van der Waals surface area contributed by atoms with Gasteiger partial charge in [0.05, 0.1) is 0 Å². The molecule has 2 atom stereocenters. The lowest BCUT2D eigenvalue weighted by atomic mass is 10.1. The van der Waals surface area contributed by atoms with E-state index in [1.165, 1.54) is 37.9 Å². The summed E-state index contributed by atoms with van der Waals surface area (Å²) in [7, 11) is 0. The molecule has 86 valence electrons. The summed E-state index contributed by atoms with van der Waals surface area (Å²) >= 11 is 0. The molecular weight excluding hydrogens is 196 g/mol. The van der Waals surface area contributed by atoms with E-state index in [1.54, 1.807) is 0 Å². The second-order valence-electron chi connectivity index (χ2n) is 5.10. The van der Waals surface area contributed by atoms with Gasteiger partial charge < -0.3 is 5.32 Å². The van der Waals surface area contributed by atoms with Gasteiger partial charge >= 0.3 is 0 Å². The number of benzene rings is 1. The molecule has 0 aromatic heterocycles. The maximum Gasteiger partial charge on any atom is 0.0237 e. The highest BCUT2D eigenvalue weighted by Gasteiger charge is 2.32. The van der Waals surface area contributed by atoms with Gasteiger partial charge in [0.15, 0.2) is 0 Å². The van der Waals surface area contributed by atoms with Crippen LogP contribution in [0.25, 0.3) is 0 Å². The molecule has 0 saturated carbocycles. The zero-order valence-corrected chi connectivity index (χ0v) is 9.73. The Kier molecular flexibility index (Phi) is 2.94. The lowest BCUT2D eigenvalue weighted by Gasteiger charge is -2.25. The number of rotatable bonds is 2. The number of hydrogen-bond acceptors (Lipinski definition) is 2. The number of nitrogens with zero attached hydrogens (tertiary/aromatic N) is 1. The van der Waals surface area contributed by atoms with Gasteiger partial charge in [0.1, 0.15) is 0 Å². The maximum absolute atomic E-state index is 3.65. The highest BCUT2D eigenvalue weighted by Crippen LogP contribution is 2.25. The molecule has 3 rings (SSSR count). The molecule has 2 aliphatic rings. The Morgan fingerprint density at radius 2 is 2.12 bits per heavy atom. The second-order valence-corrected chi connectivity index (χ2v) is 5.10. The predicted octanol–water partition coefficient (Wildman–Crippen LogP) is 2.01. The summed E-state index contributed by atoms with van der Waals surface area (Å²) < 4.78 is 0. The Balaban J connectivity index is 1.68. The minimum Gasteiger partial charge on any atom is -0.313 e. The third-order valence-corrected chi connectivity index (χ3v) is 3.90. The lowest BCUT2D eigenvalue weighted by Crippen LogP contribution is -2.35. The van der Waals surface area contributed by atoms with Crippen molar-refractivity contribution in [3.05, 3.63) is 35.9 Å². The molecule has 2 unspecified atom stereocenters. The molecule has 16 heavy (non-hydrogen) atoms. The second kappa shape index (κ2) is 4.56. The normalized spacial score (nSPS) is 30.2. The fourth-order valence-corrected chi connectivity index (χ4v) is 3.09. The summed E-state index contributed by atoms with van der Waals surface area (Å²) in [5, 5.41) is 3.65. The van der Waals surface area contributed by atoms with Crippen molar-refractivity contribution >= 4 is 0 Å². The molecule has 0 spiro atoms. The van der Waals surface area contributed by atoms with Crippen molar-refractivity contribution in [1.82, 2.24) is 10.2 Å². The van der Waals surface area contributed by atoms with Crippen LogP contribution < -0.4 is 5.32 Å². The average Bonchev–Trinajstić information content (AvgIpc) is 2.53. The predicted molar refractivity (Wildman–Crippen MR) is 66.3 cm³/mol. The van der Waals surface area contributed by atoms with Crippen LogP contribution in [0.3, 0.4) is 0 Å². The van der Waals surface area contributed by atoms with E-state index < -0.39 is 0 Å². The van der Waals surface area contributed by atoms with Crippen molar-refractivity contribution in [3.63, 3.8) is 0 Å². The van der Waals surface area contributed by atoms with Gasteiger partial charge in [0.2, 0.25) is 0 Å². The van der Waals surface area contributed by atoms with Crippen LogP contribution in [-0.2, 0) is 6.54 Å². The molecule has 2 heterocycles. The number of hydrogen-bond donors (Lipinski definition) is 1. The van der Waals surface area contributed by atoms with Crippen LogP contribution in [-0.4, -0.2) is 30.1 Å². The van der Waals surface area contributed by atoms with Crippen LogP contribution in [0.5, 0.6) is 0 Å². The first-order chi connectivity index (χ1) is 7.92. The van der Waals surface area contributed by atoms with E-state index in [2.05, 4.69) is 40.5 Å². The Hall–Kier alpha value is -0.860. The molecule has 2 saturated heterocycles. The molecule has 2 nitrogen and oxygen atoms in total. The van der Waals surface area contributed by atoms with E-state index >= 15 is 0 Å². The van der Waals surface area contributed by atoms with E-state index in [0.717, 1.165) is 18.6 Å². The zero-order chi connectivity index (χ0) is 10.8. The molecule has 2 bridgehead atoms. The molecule has 1 N–H and O–H groups in total. The van der Waals surface area contributed by atoms with Crippen LogP contribution in [0.4, 0.5) is 0 Å². The van der Waals surface area contributed by atoms with E-state index in [-0.39, 0.29) is 0 Å². The highest BCUT2D eigenvalue weighted by atomic mass is 15.2. The highest BCUT2D eigenvalue weighted by molar-refractivity contribution is 5.15. The minimum atomic E-state index is 0.746. The van der Waals surface area contributed by atoms with Crippen molar-refractivity contribution in [3.8, 4) is 0 Å². The van der Waals surface area contributed by atoms with Crippen LogP contribution in [0.15, 0.2) is 30.3 Å². The lowest BCUT2D eigenvalue weighted by molar-refractivity contribution is 0.223.